The van der Waals surface area contributed by atoms with E-state index in [-0.39, 0.29) is 17.4 Å². The molecule has 0 unspecified atom stereocenters. The number of hydrogen-bond acceptors (Lipinski definition) is 4. The zero-order valence-corrected chi connectivity index (χ0v) is 7.74. The maximum atomic E-state index is 11.3. The lowest BCUT2D eigenvalue weighted by atomic mass is 10.3. The molecule has 0 radical (unpaired) electrons. The van der Waals surface area contributed by atoms with Crippen molar-refractivity contribution in [1.29, 1.82) is 0 Å². The van der Waals surface area contributed by atoms with Crippen molar-refractivity contribution in [2.75, 3.05) is 0 Å². The fourth-order valence-corrected chi connectivity index (χ4v) is 0.869. The van der Waals surface area contributed by atoms with Crippen LogP contribution in [0.2, 0.25) is 0 Å². The molecular formula is C7H10N4O3. The number of rotatable bonds is 3. The second kappa shape index (κ2) is 3.86. The Labute approximate surface area is 79.5 Å². The van der Waals surface area contributed by atoms with Gasteiger partial charge in [-0.1, -0.05) is 0 Å². The number of aromatic nitrogens is 3. The van der Waals surface area contributed by atoms with Crippen LogP contribution in [0, 0.1) is 0 Å². The first-order valence-corrected chi connectivity index (χ1v) is 3.97. The molecule has 0 aliphatic rings. The van der Waals surface area contributed by atoms with Crippen LogP contribution in [0.1, 0.15) is 34.8 Å². The molecule has 1 aromatic rings. The minimum Gasteiger partial charge on any atom is -0.476 e. The number of H-pyrrole nitrogens is 1. The molecule has 1 heterocycles. The van der Waals surface area contributed by atoms with Crippen LogP contribution in [-0.4, -0.2) is 38.4 Å². The molecule has 14 heavy (non-hydrogen) atoms. The monoisotopic (exact) mass is 198 g/mol. The largest absolute Gasteiger partial charge is 0.476 e. The van der Waals surface area contributed by atoms with Gasteiger partial charge in [-0.3, -0.25) is 4.79 Å². The number of carboxylic acids is 1. The fraction of sp³-hybridized carbons (Fsp3) is 0.429. The molecule has 1 aromatic heterocycles. The van der Waals surface area contributed by atoms with Crippen LogP contribution in [0.25, 0.3) is 0 Å². The molecule has 76 valence electrons. The van der Waals surface area contributed by atoms with E-state index in [1.165, 1.54) is 0 Å². The second-order valence-electron chi connectivity index (χ2n) is 2.95. The van der Waals surface area contributed by atoms with E-state index < -0.39 is 11.9 Å². The van der Waals surface area contributed by atoms with Crippen molar-refractivity contribution < 1.29 is 14.7 Å². The summed E-state index contributed by atoms with van der Waals surface area (Å²) in [6.45, 7) is 3.52. The smallest absolute Gasteiger partial charge is 0.358 e. The summed E-state index contributed by atoms with van der Waals surface area (Å²) >= 11 is 0. The summed E-state index contributed by atoms with van der Waals surface area (Å²) in [5.41, 5.74) is -0.575. The highest BCUT2D eigenvalue weighted by molar-refractivity contribution is 6.01. The van der Waals surface area contributed by atoms with Gasteiger partial charge in [-0.05, 0) is 13.8 Å². The van der Waals surface area contributed by atoms with Crippen LogP contribution < -0.4 is 5.32 Å². The number of amides is 1. The molecule has 0 saturated carbocycles. The number of aromatic carboxylic acids is 1. The van der Waals surface area contributed by atoms with Gasteiger partial charge in [0.05, 0.1) is 0 Å². The normalized spacial score (nSPS) is 10.2. The lowest BCUT2D eigenvalue weighted by Crippen LogP contribution is -2.31. The molecule has 3 N–H and O–H groups in total. The molecule has 0 saturated heterocycles. The summed E-state index contributed by atoms with van der Waals surface area (Å²) in [7, 11) is 0. The van der Waals surface area contributed by atoms with E-state index in [0.717, 1.165) is 0 Å². The molecule has 7 heteroatoms. The van der Waals surface area contributed by atoms with E-state index in [2.05, 4.69) is 20.7 Å². The molecule has 0 spiro atoms. The van der Waals surface area contributed by atoms with Crippen molar-refractivity contribution in [1.82, 2.24) is 20.7 Å². The summed E-state index contributed by atoms with van der Waals surface area (Å²) in [6.07, 6.45) is 0. The topological polar surface area (TPSA) is 108 Å². The van der Waals surface area contributed by atoms with Crippen molar-refractivity contribution in [2.45, 2.75) is 19.9 Å². The highest BCUT2D eigenvalue weighted by Gasteiger charge is 2.21. The van der Waals surface area contributed by atoms with Gasteiger partial charge in [0.1, 0.15) is 0 Å². The van der Waals surface area contributed by atoms with Gasteiger partial charge >= 0.3 is 5.97 Å². The first kappa shape index (κ1) is 10.2. The van der Waals surface area contributed by atoms with Gasteiger partial charge < -0.3 is 10.4 Å². The molecule has 0 aromatic carbocycles. The second-order valence-corrected chi connectivity index (χ2v) is 2.95. The summed E-state index contributed by atoms with van der Waals surface area (Å²) in [4.78, 5) is 21.9. The van der Waals surface area contributed by atoms with Crippen LogP contribution in [-0.2, 0) is 0 Å². The Kier molecular flexibility index (Phi) is 2.80. The number of aromatic amines is 1. The molecule has 0 atom stereocenters. The average molecular weight is 198 g/mol. The molecular weight excluding hydrogens is 188 g/mol. The maximum absolute atomic E-state index is 11.3. The number of nitrogens with one attached hydrogen (secondary N) is 2. The summed E-state index contributed by atoms with van der Waals surface area (Å²) in [6, 6.07) is -0.0826. The number of carbonyl (C=O) groups excluding carboxylic acids is 1. The molecule has 1 rings (SSSR count). The van der Waals surface area contributed by atoms with Crippen LogP contribution in [0.4, 0.5) is 0 Å². The SMILES string of the molecule is CC(C)NC(=O)c1n[nH]nc1C(=O)O. The van der Waals surface area contributed by atoms with E-state index in [0.29, 0.717) is 0 Å². The van der Waals surface area contributed by atoms with Crippen LogP contribution in [0.3, 0.4) is 0 Å². The standard InChI is InChI=1S/C7H10N4O3/c1-3(2)8-6(12)4-5(7(13)14)10-11-9-4/h3H,1-2H3,(H,8,12)(H,13,14)(H,9,10,11). The zero-order valence-electron chi connectivity index (χ0n) is 7.74. The van der Waals surface area contributed by atoms with Crippen LogP contribution in [0.5, 0.6) is 0 Å². The van der Waals surface area contributed by atoms with E-state index in [9.17, 15) is 9.59 Å². The minimum absolute atomic E-state index is 0.0826. The van der Waals surface area contributed by atoms with Crippen molar-refractivity contribution >= 4 is 11.9 Å². The maximum Gasteiger partial charge on any atom is 0.358 e. The average Bonchev–Trinajstić information content (AvgIpc) is 2.49. The Morgan fingerprint density at radius 3 is 2.43 bits per heavy atom. The van der Waals surface area contributed by atoms with Crippen molar-refractivity contribution in [3.63, 3.8) is 0 Å². The summed E-state index contributed by atoms with van der Waals surface area (Å²) in [5.74, 6) is -1.83. The highest BCUT2D eigenvalue weighted by atomic mass is 16.4. The lowest BCUT2D eigenvalue weighted by molar-refractivity contribution is 0.0684. The molecule has 7 nitrogen and oxygen atoms in total. The van der Waals surface area contributed by atoms with Gasteiger partial charge in [-0.25, -0.2) is 4.79 Å². The van der Waals surface area contributed by atoms with Crippen molar-refractivity contribution in [3.05, 3.63) is 11.4 Å². The van der Waals surface area contributed by atoms with Crippen molar-refractivity contribution in [3.8, 4) is 0 Å². The third kappa shape index (κ3) is 2.06. The van der Waals surface area contributed by atoms with E-state index in [1.807, 2.05) is 0 Å². The van der Waals surface area contributed by atoms with Gasteiger partial charge in [0.2, 0.25) is 5.69 Å². The Morgan fingerprint density at radius 2 is 1.93 bits per heavy atom. The Morgan fingerprint density at radius 1 is 1.36 bits per heavy atom. The first-order valence-electron chi connectivity index (χ1n) is 3.97. The number of carboxylic acid groups (broad SMARTS) is 1. The van der Waals surface area contributed by atoms with E-state index in [4.69, 9.17) is 5.11 Å². The Bertz CT molecular complexity index is 358. The minimum atomic E-state index is -1.28. The Balaban J connectivity index is 2.90. The number of carbonyl (C=O) groups is 2. The molecule has 0 aliphatic carbocycles. The van der Waals surface area contributed by atoms with Crippen LogP contribution >= 0.6 is 0 Å². The van der Waals surface area contributed by atoms with Crippen molar-refractivity contribution in [2.24, 2.45) is 0 Å². The third-order valence-electron chi connectivity index (χ3n) is 1.39. The van der Waals surface area contributed by atoms with E-state index >= 15 is 0 Å². The predicted octanol–water partition coefficient (Wildman–Crippen LogP) is -0.359. The lowest BCUT2D eigenvalue weighted by Gasteiger charge is -2.05. The molecule has 0 aliphatic heterocycles. The highest BCUT2D eigenvalue weighted by Crippen LogP contribution is 2.00. The predicted molar refractivity (Wildman–Crippen MR) is 45.9 cm³/mol. The number of hydrogen-bond donors (Lipinski definition) is 3. The quantitative estimate of drug-likeness (QED) is 0.614. The Hall–Kier alpha value is -1.92. The molecule has 0 bridgehead atoms. The van der Waals surface area contributed by atoms with Gasteiger partial charge in [0, 0.05) is 6.04 Å². The van der Waals surface area contributed by atoms with Gasteiger partial charge in [0.25, 0.3) is 5.91 Å². The summed E-state index contributed by atoms with van der Waals surface area (Å²) in [5, 5.41) is 20.1. The summed E-state index contributed by atoms with van der Waals surface area (Å²) < 4.78 is 0. The van der Waals surface area contributed by atoms with Gasteiger partial charge in [-0.15, -0.1) is 10.2 Å². The molecule has 1 amide bonds. The first-order chi connectivity index (χ1) is 6.52. The molecule has 0 fully saturated rings. The third-order valence-corrected chi connectivity index (χ3v) is 1.39. The van der Waals surface area contributed by atoms with Crippen LogP contribution in [0.15, 0.2) is 0 Å². The van der Waals surface area contributed by atoms with Gasteiger partial charge in [0.15, 0.2) is 5.69 Å². The number of nitrogens with zero attached hydrogens (tertiary/aromatic N) is 2. The zero-order chi connectivity index (χ0) is 10.7. The fourth-order valence-electron chi connectivity index (χ4n) is 0.869. The van der Waals surface area contributed by atoms with E-state index in [1.54, 1.807) is 13.8 Å². The van der Waals surface area contributed by atoms with Gasteiger partial charge in [-0.2, -0.15) is 5.21 Å².